The summed E-state index contributed by atoms with van der Waals surface area (Å²) in [7, 11) is 0. The Balaban J connectivity index is 1.70. The number of hydrogen-bond acceptors (Lipinski definition) is 5. The van der Waals surface area contributed by atoms with Crippen LogP contribution in [0.3, 0.4) is 0 Å². The molecule has 1 aliphatic rings. The molecule has 0 bridgehead atoms. The number of halogens is 2. The Morgan fingerprint density at radius 2 is 2.00 bits per heavy atom. The molecule has 1 amide bonds. The molecule has 27 heavy (non-hydrogen) atoms. The van der Waals surface area contributed by atoms with Crippen molar-refractivity contribution >= 4 is 46.6 Å². The van der Waals surface area contributed by atoms with Crippen molar-refractivity contribution in [3.8, 4) is 0 Å². The van der Waals surface area contributed by atoms with Gasteiger partial charge in [-0.1, -0.05) is 29.3 Å². The number of amides is 1. The number of aromatic nitrogens is 2. The molecule has 9 heteroatoms. The molecule has 0 spiro atoms. The lowest BCUT2D eigenvalue weighted by atomic mass is 9.90. The summed E-state index contributed by atoms with van der Waals surface area (Å²) in [6, 6.07) is 5.35. The van der Waals surface area contributed by atoms with Crippen molar-refractivity contribution < 1.29 is 9.90 Å². The zero-order valence-corrected chi connectivity index (χ0v) is 16.6. The molecular weight excluding hydrogens is 389 g/mol. The molecule has 2 heterocycles. The Bertz CT molecular complexity index is 854. The first-order valence-corrected chi connectivity index (χ1v) is 9.34. The van der Waals surface area contributed by atoms with Gasteiger partial charge in [0.25, 0.3) is 0 Å². The molecule has 3 N–H and O–H groups in total. The minimum Gasteiger partial charge on any atom is -0.465 e. The van der Waals surface area contributed by atoms with Gasteiger partial charge in [0.2, 0.25) is 0 Å². The molecule has 1 aromatic carbocycles. The van der Waals surface area contributed by atoms with Gasteiger partial charge in [0.1, 0.15) is 5.82 Å². The molecule has 7 nitrogen and oxygen atoms in total. The maximum Gasteiger partial charge on any atom is 0.405 e. The zero-order chi connectivity index (χ0) is 19.6. The Hall–Kier alpha value is -2.25. The van der Waals surface area contributed by atoms with E-state index in [4.69, 9.17) is 28.3 Å². The highest BCUT2D eigenvalue weighted by Gasteiger charge is 2.32. The summed E-state index contributed by atoms with van der Waals surface area (Å²) in [6.45, 7) is 5.21. The first-order valence-electron chi connectivity index (χ1n) is 8.58. The van der Waals surface area contributed by atoms with Crippen molar-refractivity contribution in [1.29, 1.82) is 0 Å². The van der Waals surface area contributed by atoms with Crippen LogP contribution in [0, 0.1) is 6.92 Å². The van der Waals surface area contributed by atoms with Gasteiger partial charge in [-0.25, -0.2) is 14.8 Å². The lowest BCUT2D eigenvalue weighted by Crippen LogP contribution is -2.53. The van der Waals surface area contributed by atoms with Crippen LogP contribution in [0.1, 0.15) is 25.5 Å². The highest BCUT2D eigenvalue weighted by atomic mass is 35.5. The van der Waals surface area contributed by atoms with E-state index in [-0.39, 0.29) is 0 Å². The predicted octanol–water partition coefficient (Wildman–Crippen LogP) is 4.46. The summed E-state index contributed by atoms with van der Waals surface area (Å²) in [4.78, 5) is 22.2. The molecule has 0 saturated carbocycles. The summed E-state index contributed by atoms with van der Waals surface area (Å²) >= 11 is 12.3. The Morgan fingerprint density at radius 3 is 2.63 bits per heavy atom. The van der Waals surface area contributed by atoms with Gasteiger partial charge in [-0.2, -0.15) is 0 Å². The molecular formula is C18H21Cl2N5O2. The Morgan fingerprint density at radius 1 is 1.30 bits per heavy atom. The number of carbonyl (C=O) groups is 1. The largest absolute Gasteiger partial charge is 0.465 e. The van der Waals surface area contributed by atoms with Crippen molar-refractivity contribution in [3.63, 3.8) is 0 Å². The van der Waals surface area contributed by atoms with Crippen LogP contribution in [-0.4, -0.2) is 39.8 Å². The van der Waals surface area contributed by atoms with Gasteiger partial charge in [0.05, 0.1) is 27.6 Å². The fraction of sp³-hybridized carbons (Fsp3) is 0.389. The van der Waals surface area contributed by atoms with Crippen molar-refractivity contribution in [1.82, 2.24) is 15.3 Å². The zero-order valence-electron chi connectivity index (χ0n) is 15.1. The Labute approximate surface area is 167 Å². The van der Waals surface area contributed by atoms with E-state index in [0.29, 0.717) is 47.5 Å². The summed E-state index contributed by atoms with van der Waals surface area (Å²) in [6.07, 6.45) is 2.13. The highest BCUT2D eigenvalue weighted by Crippen LogP contribution is 2.32. The lowest BCUT2D eigenvalue weighted by Gasteiger charge is -2.39. The number of nitrogens with one attached hydrogen (secondary N) is 2. The summed E-state index contributed by atoms with van der Waals surface area (Å²) in [5.41, 5.74) is 0.999. The number of nitrogens with zero attached hydrogens (tertiary/aromatic N) is 3. The van der Waals surface area contributed by atoms with Crippen LogP contribution in [0.5, 0.6) is 0 Å². The fourth-order valence-electron chi connectivity index (χ4n) is 3.08. The van der Waals surface area contributed by atoms with Crippen LogP contribution in [0.25, 0.3) is 0 Å². The third-order valence-electron chi connectivity index (χ3n) is 4.74. The third-order valence-corrected chi connectivity index (χ3v) is 5.56. The lowest BCUT2D eigenvalue weighted by molar-refractivity contribution is 0.173. The first kappa shape index (κ1) is 19.5. The van der Waals surface area contributed by atoms with E-state index < -0.39 is 11.6 Å². The number of hydrogen-bond donors (Lipinski definition) is 3. The van der Waals surface area contributed by atoms with Gasteiger partial charge < -0.3 is 20.6 Å². The molecule has 0 atom stereocenters. The molecule has 2 aromatic rings. The van der Waals surface area contributed by atoms with Gasteiger partial charge in [0, 0.05) is 18.6 Å². The van der Waals surface area contributed by atoms with Crippen molar-refractivity contribution in [2.75, 3.05) is 23.3 Å². The smallest absolute Gasteiger partial charge is 0.405 e. The number of benzene rings is 1. The second-order valence-electron chi connectivity index (χ2n) is 6.87. The van der Waals surface area contributed by atoms with Crippen LogP contribution in [0.2, 0.25) is 10.0 Å². The average molecular weight is 410 g/mol. The van der Waals surface area contributed by atoms with Crippen molar-refractivity contribution in [2.24, 2.45) is 0 Å². The number of anilines is 3. The van der Waals surface area contributed by atoms with E-state index in [9.17, 15) is 4.79 Å². The van der Waals surface area contributed by atoms with Gasteiger partial charge >= 0.3 is 6.09 Å². The van der Waals surface area contributed by atoms with Crippen molar-refractivity contribution in [2.45, 2.75) is 32.2 Å². The molecule has 1 saturated heterocycles. The van der Waals surface area contributed by atoms with E-state index in [1.54, 1.807) is 12.3 Å². The van der Waals surface area contributed by atoms with Gasteiger partial charge in [-0.05, 0) is 38.8 Å². The maximum atomic E-state index is 10.9. The highest BCUT2D eigenvalue weighted by molar-refractivity contribution is 6.43. The van der Waals surface area contributed by atoms with Gasteiger partial charge in [0.15, 0.2) is 5.82 Å². The van der Waals surface area contributed by atoms with Crippen molar-refractivity contribution in [3.05, 3.63) is 40.1 Å². The van der Waals surface area contributed by atoms with Crippen LogP contribution < -0.4 is 15.5 Å². The van der Waals surface area contributed by atoms with E-state index in [2.05, 4.69) is 25.5 Å². The summed E-state index contributed by atoms with van der Waals surface area (Å²) in [5, 5.41) is 15.6. The minimum atomic E-state index is -0.989. The second kappa shape index (κ2) is 7.78. The monoisotopic (exact) mass is 409 g/mol. The molecule has 3 rings (SSSR count). The fourth-order valence-corrected chi connectivity index (χ4v) is 3.43. The van der Waals surface area contributed by atoms with E-state index in [1.165, 1.54) is 0 Å². The number of piperidine rings is 1. The first-order chi connectivity index (χ1) is 12.8. The molecule has 0 aliphatic carbocycles. The van der Waals surface area contributed by atoms with Crippen LogP contribution in [-0.2, 0) is 0 Å². The van der Waals surface area contributed by atoms with E-state index >= 15 is 0 Å². The number of aryl methyl sites for hydroxylation is 1. The molecule has 144 valence electrons. The SMILES string of the molecule is Cc1nc(N2CCC(C)(NC(=O)O)CC2)cnc1Nc1cccc(Cl)c1Cl. The molecule has 1 aromatic heterocycles. The van der Waals surface area contributed by atoms with E-state index in [0.717, 1.165) is 11.5 Å². The topological polar surface area (TPSA) is 90.4 Å². The van der Waals surface area contributed by atoms with Crippen LogP contribution in [0.15, 0.2) is 24.4 Å². The quantitative estimate of drug-likeness (QED) is 0.690. The molecule has 0 radical (unpaired) electrons. The van der Waals surface area contributed by atoms with Crippen LogP contribution in [0.4, 0.5) is 22.1 Å². The minimum absolute atomic E-state index is 0.407. The normalized spacial score (nSPS) is 16.1. The summed E-state index contributed by atoms with van der Waals surface area (Å²) < 4.78 is 0. The summed E-state index contributed by atoms with van der Waals surface area (Å²) in [5.74, 6) is 1.38. The standard InChI is InChI=1S/C18H21Cl2N5O2/c1-11-16(23-13-5-3-4-12(19)15(13)20)21-10-14(22-11)25-8-6-18(2,7-9-25)24-17(26)27/h3-5,10,24H,6-9H2,1-2H3,(H,21,23)(H,26,27). The second-order valence-corrected chi connectivity index (χ2v) is 7.65. The van der Waals surface area contributed by atoms with E-state index in [1.807, 2.05) is 26.0 Å². The Kier molecular flexibility index (Phi) is 5.62. The predicted molar refractivity (Wildman–Crippen MR) is 108 cm³/mol. The van der Waals surface area contributed by atoms with Gasteiger partial charge in [-0.3, -0.25) is 0 Å². The number of rotatable bonds is 4. The molecule has 1 fully saturated rings. The number of carboxylic acid groups (broad SMARTS) is 1. The van der Waals surface area contributed by atoms with Gasteiger partial charge in [-0.15, -0.1) is 0 Å². The van der Waals surface area contributed by atoms with Crippen LogP contribution >= 0.6 is 23.2 Å². The maximum absolute atomic E-state index is 10.9. The molecule has 1 aliphatic heterocycles. The third kappa shape index (κ3) is 4.54. The average Bonchev–Trinajstić information content (AvgIpc) is 2.60. The molecule has 0 unspecified atom stereocenters.